The van der Waals surface area contributed by atoms with Crippen molar-refractivity contribution in [3.8, 4) is 0 Å². The highest BCUT2D eigenvalue weighted by atomic mass is 16.5. The van der Waals surface area contributed by atoms with Gasteiger partial charge in [-0.3, -0.25) is 4.79 Å². The molecule has 1 aromatic rings. The molecular weight excluding hydrogens is 346 g/mol. The molecule has 0 spiro atoms. The molecule has 2 rings (SSSR count). The number of urea groups is 1. The van der Waals surface area contributed by atoms with Crippen LogP contribution in [-0.4, -0.2) is 60.6 Å². The van der Waals surface area contributed by atoms with Gasteiger partial charge in [0.05, 0.1) is 18.9 Å². The van der Waals surface area contributed by atoms with Crippen LogP contribution in [0.3, 0.4) is 0 Å². The van der Waals surface area contributed by atoms with Crippen LogP contribution in [-0.2, 0) is 16.1 Å². The molecule has 0 radical (unpaired) electrons. The second kappa shape index (κ2) is 11.6. The maximum absolute atomic E-state index is 13.0. The molecular formula is C20H33N3O4. The van der Waals surface area contributed by atoms with Crippen molar-refractivity contribution in [1.29, 1.82) is 0 Å². The van der Waals surface area contributed by atoms with Crippen LogP contribution in [0.5, 0.6) is 0 Å². The Kier molecular flexibility index (Phi) is 9.18. The van der Waals surface area contributed by atoms with Crippen LogP contribution in [0.25, 0.3) is 0 Å². The fourth-order valence-corrected chi connectivity index (χ4v) is 3.15. The first kappa shape index (κ1) is 21.3. The number of nitrogens with zero attached hydrogens (tertiary/aromatic N) is 2. The number of carbonyl (C=O) groups is 2. The van der Waals surface area contributed by atoms with E-state index in [1.807, 2.05) is 19.1 Å². The van der Waals surface area contributed by atoms with Gasteiger partial charge in [0.25, 0.3) is 0 Å². The van der Waals surface area contributed by atoms with Gasteiger partial charge in [-0.25, -0.2) is 4.79 Å². The lowest BCUT2D eigenvalue weighted by atomic mass is 10.2. The lowest BCUT2D eigenvalue weighted by Crippen LogP contribution is -2.48. The maximum Gasteiger partial charge on any atom is 0.317 e. The summed E-state index contributed by atoms with van der Waals surface area (Å²) >= 11 is 0. The SMILES string of the molecule is CCCCNC(=O)N(CCC)CC(=O)N(Cc1ccco1)C[C@H]1CCCO1. The van der Waals surface area contributed by atoms with Gasteiger partial charge in [0.1, 0.15) is 12.3 Å². The van der Waals surface area contributed by atoms with Crippen LogP contribution in [0.4, 0.5) is 4.79 Å². The average Bonchev–Trinajstić information content (AvgIpc) is 3.35. The minimum Gasteiger partial charge on any atom is -0.467 e. The minimum absolute atomic E-state index is 0.0573. The molecule has 3 amide bonds. The van der Waals surface area contributed by atoms with Gasteiger partial charge in [0, 0.05) is 26.2 Å². The second-order valence-corrected chi connectivity index (χ2v) is 7.00. The molecule has 2 heterocycles. The molecule has 0 aliphatic carbocycles. The summed E-state index contributed by atoms with van der Waals surface area (Å²) in [6.45, 7) is 7.00. The highest BCUT2D eigenvalue weighted by molar-refractivity contribution is 5.84. The fourth-order valence-electron chi connectivity index (χ4n) is 3.15. The average molecular weight is 380 g/mol. The molecule has 1 aliphatic heterocycles. The molecule has 0 aromatic carbocycles. The number of unbranched alkanes of at least 4 members (excludes halogenated alkanes) is 1. The summed E-state index contributed by atoms with van der Waals surface area (Å²) in [4.78, 5) is 28.8. The van der Waals surface area contributed by atoms with Crippen molar-refractivity contribution in [2.24, 2.45) is 0 Å². The number of hydrogen-bond acceptors (Lipinski definition) is 4. The third kappa shape index (κ3) is 7.25. The standard InChI is InChI=1S/C20H33N3O4/c1-3-5-10-21-20(25)22(11-4-2)16-19(24)23(14-17-8-6-12-26-17)15-18-9-7-13-27-18/h6,8,12,18H,3-5,7,9-11,13-16H2,1-2H3,(H,21,25)/t18-/m1/s1. The lowest BCUT2D eigenvalue weighted by molar-refractivity contribution is -0.134. The quantitative estimate of drug-likeness (QED) is 0.600. The molecule has 7 heteroatoms. The van der Waals surface area contributed by atoms with Crippen molar-refractivity contribution in [2.75, 3.05) is 32.8 Å². The van der Waals surface area contributed by atoms with Crippen LogP contribution in [0, 0.1) is 0 Å². The number of hydrogen-bond donors (Lipinski definition) is 1. The number of carbonyl (C=O) groups excluding carboxylic acids is 2. The molecule has 1 N–H and O–H groups in total. The third-order valence-corrected chi connectivity index (χ3v) is 4.64. The molecule has 152 valence electrons. The van der Waals surface area contributed by atoms with Gasteiger partial charge in [-0.05, 0) is 37.8 Å². The molecule has 1 aromatic heterocycles. The molecule has 0 saturated carbocycles. The number of amides is 3. The second-order valence-electron chi connectivity index (χ2n) is 7.00. The molecule has 1 saturated heterocycles. The first-order valence-electron chi connectivity index (χ1n) is 10.1. The summed E-state index contributed by atoms with van der Waals surface area (Å²) in [6, 6.07) is 3.50. The van der Waals surface area contributed by atoms with Crippen molar-refractivity contribution in [1.82, 2.24) is 15.1 Å². The van der Waals surface area contributed by atoms with E-state index >= 15 is 0 Å². The Hall–Kier alpha value is -2.02. The molecule has 7 nitrogen and oxygen atoms in total. The van der Waals surface area contributed by atoms with E-state index in [1.54, 1.807) is 16.1 Å². The van der Waals surface area contributed by atoms with E-state index < -0.39 is 0 Å². The van der Waals surface area contributed by atoms with Crippen molar-refractivity contribution >= 4 is 11.9 Å². The van der Waals surface area contributed by atoms with E-state index in [-0.39, 0.29) is 24.6 Å². The molecule has 1 fully saturated rings. The first-order valence-corrected chi connectivity index (χ1v) is 10.1. The van der Waals surface area contributed by atoms with Crippen LogP contribution in [0.2, 0.25) is 0 Å². The number of ether oxygens (including phenoxy) is 1. The molecule has 0 bridgehead atoms. The van der Waals surface area contributed by atoms with E-state index in [9.17, 15) is 9.59 Å². The zero-order chi connectivity index (χ0) is 19.5. The zero-order valence-corrected chi connectivity index (χ0v) is 16.6. The highest BCUT2D eigenvalue weighted by Gasteiger charge is 2.26. The number of nitrogens with one attached hydrogen (secondary N) is 1. The zero-order valence-electron chi connectivity index (χ0n) is 16.6. The Labute approximate surface area is 162 Å². The van der Waals surface area contributed by atoms with Crippen molar-refractivity contribution < 1.29 is 18.7 Å². The third-order valence-electron chi connectivity index (χ3n) is 4.64. The molecule has 0 unspecified atom stereocenters. The summed E-state index contributed by atoms with van der Waals surface area (Å²) in [5.41, 5.74) is 0. The van der Waals surface area contributed by atoms with Crippen molar-refractivity contribution in [3.63, 3.8) is 0 Å². The molecule has 1 aliphatic rings. The summed E-state index contributed by atoms with van der Waals surface area (Å²) in [5.74, 6) is 0.650. The summed E-state index contributed by atoms with van der Waals surface area (Å²) in [5, 5.41) is 2.90. The van der Waals surface area contributed by atoms with E-state index in [0.717, 1.165) is 44.5 Å². The van der Waals surface area contributed by atoms with Crippen LogP contribution < -0.4 is 5.32 Å². The van der Waals surface area contributed by atoms with Crippen molar-refractivity contribution in [2.45, 2.75) is 58.6 Å². The maximum atomic E-state index is 13.0. The fraction of sp³-hybridized carbons (Fsp3) is 0.700. The Morgan fingerprint density at radius 2 is 2.11 bits per heavy atom. The van der Waals surface area contributed by atoms with Crippen molar-refractivity contribution in [3.05, 3.63) is 24.2 Å². The van der Waals surface area contributed by atoms with Gasteiger partial charge < -0.3 is 24.3 Å². The molecule has 1 atom stereocenters. The van der Waals surface area contributed by atoms with Crippen LogP contribution >= 0.6 is 0 Å². The van der Waals surface area contributed by atoms with E-state index in [4.69, 9.17) is 9.15 Å². The Morgan fingerprint density at radius 3 is 2.74 bits per heavy atom. The van der Waals surface area contributed by atoms with Gasteiger partial charge >= 0.3 is 6.03 Å². The van der Waals surface area contributed by atoms with Gasteiger partial charge in [-0.1, -0.05) is 20.3 Å². The van der Waals surface area contributed by atoms with Crippen LogP contribution in [0.15, 0.2) is 22.8 Å². The minimum atomic E-state index is -0.172. The summed E-state index contributed by atoms with van der Waals surface area (Å²) < 4.78 is 11.1. The first-order chi connectivity index (χ1) is 13.1. The molecule has 27 heavy (non-hydrogen) atoms. The normalized spacial score (nSPS) is 16.3. The number of rotatable bonds is 11. The Bertz CT molecular complexity index is 556. The number of furan rings is 1. The lowest BCUT2D eigenvalue weighted by Gasteiger charge is -2.28. The topological polar surface area (TPSA) is 75.0 Å². The van der Waals surface area contributed by atoms with E-state index in [0.29, 0.717) is 26.2 Å². The summed E-state index contributed by atoms with van der Waals surface area (Å²) in [7, 11) is 0. The van der Waals surface area contributed by atoms with Gasteiger partial charge in [-0.15, -0.1) is 0 Å². The van der Waals surface area contributed by atoms with Crippen LogP contribution in [0.1, 0.15) is 51.7 Å². The largest absolute Gasteiger partial charge is 0.467 e. The van der Waals surface area contributed by atoms with Gasteiger partial charge in [0.2, 0.25) is 5.91 Å². The van der Waals surface area contributed by atoms with Gasteiger partial charge in [0.15, 0.2) is 0 Å². The van der Waals surface area contributed by atoms with E-state index in [2.05, 4.69) is 12.2 Å². The monoisotopic (exact) mass is 379 g/mol. The Morgan fingerprint density at radius 1 is 1.26 bits per heavy atom. The van der Waals surface area contributed by atoms with Gasteiger partial charge in [-0.2, -0.15) is 0 Å². The highest BCUT2D eigenvalue weighted by Crippen LogP contribution is 2.16. The Balaban J connectivity index is 1.98. The predicted molar refractivity (Wildman–Crippen MR) is 103 cm³/mol. The summed E-state index contributed by atoms with van der Waals surface area (Å²) in [6.07, 6.45) is 6.40. The smallest absolute Gasteiger partial charge is 0.317 e. The predicted octanol–water partition coefficient (Wildman–Crippen LogP) is 3.01. The van der Waals surface area contributed by atoms with E-state index in [1.165, 1.54) is 0 Å².